The second-order valence-corrected chi connectivity index (χ2v) is 5.22. The third kappa shape index (κ3) is 2.82. The molecule has 0 radical (unpaired) electrons. The van der Waals surface area contributed by atoms with Crippen LogP contribution in [0.15, 0.2) is 41.0 Å². The molecule has 1 aromatic heterocycles. The fraction of sp³-hybridized carbons (Fsp3) is 0.286. The molecule has 2 aromatic rings. The molecule has 1 unspecified atom stereocenters. The zero-order chi connectivity index (χ0) is 13.1. The molecule has 0 aliphatic carbocycles. The summed E-state index contributed by atoms with van der Waals surface area (Å²) in [7, 11) is 1.92. The van der Waals surface area contributed by atoms with Gasteiger partial charge in [-0.25, -0.2) is 4.39 Å². The number of hydrogen-bond acceptors (Lipinski definition) is 1. The average Bonchev–Trinajstić information content (AvgIpc) is 2.81. The molecule has 4 heteroatoms. The monoisotopic (exact) mass is 310 g/mol. The third-order valence-electron chi connectivity index (χ3n) is 3.09. The molecule has 1 heterocycles. The highest BCUT2D eigenvalue weighted by atomic mass is 79.9. The summed E-state index contributed by atoms with van der Waals surface area (Å²) in [6, 6.07) is 9.31. The van der Waals surface area contributed by atoms with Crippen molar-refractivity contribution in [3.05, 3.63) is 58.1 Å². The Kier molecular flexibility index (Phi) is 4.19. The second-order valence-electron chi connectivity index (χ2n) is 4.31. The van der Waals surface area contributed by atoms with E-state index in [2.05, 4.69) is 38.8 Å². The number of aromatic nitrogens is 1. The van der Waals surface area contributed by atoms with Crippen LogP contribution < -0.4 is 5.32 Å². The lowest BCUT2D eigenvalue weighted by Gasteiger charge is -2.15. The SMILES string of the molecule is CNC(C)c1cccn1Cc1cc(Br)ccc1F. The summed E-state index contributed by atoms with van der Waals surface area (Å²) in [5.74, 6) is -0.171. The lowest BCUT2D eigenvalue weighted by Crippen LogP contribution is -2.17. The van der Waals surface area contributed by atoms with Gasteiger partial charge in [-0.3, -0.25) is 0 Å². The zero-order valence-corrected chi connectivity index (χ0v) is 12.0. The minimum absolute atomic E-state index is 0.171. The van der Waals surface area contributed by atoms with Gasteiger partial charge in [-0.2, -0.15) is 0 Å². The van der Waals surface area contributed by atoms with Gasteiger partial charge in [-0.05, 0) is 44.3 Å². The van der Waals surface area contributed by atoms with Crippen molar-refractivity contribution >= 4 is 15.9 Å². The second kappa shape index (κ2) is 5.67. The fourth-order valence-electron chi connectivity index (χ4n) is 1.96. The summed E-state index contributed by atoms with van der Waals surface area (Å²) < 4.78 is 16.7. The van der Waals surface area contributed by atoms with E-state index in [-0.39, 0.29) is 11.9 Å². The van der Waals surface area contributed by atoms with Gasteiger partial charge in [0.25, 0.3) is 0 Å². The molecule has 2 nitrogen and oxygen atoms in total. The van der Waals surface area contributed by atoms with Crippen LogP contribution >= 0.6 is 15.9 Å². The highest BCUT2D eigenvalue weighted by Crippen LogP contribution is 2.19. The molecule has 0 spiro atoms. The van der Waals surface area contributed by atoms with E-state index in [1.165, 1.54) is 6.07 Å². The minimum Gasteiger partial charge on any atom is -0.345 e. The molecule has 0 aliphatic rings. The molecule has 96 valence electrons. The number of halogens is 2. The van der Waals surface area contributed by atoms with Crippen LogP contribution in [0.1, 0.15) is 24.2 Å². The predicted octanol–water partition coefficient (Wildman–Crippen LogP) is 3.72. The molecule has 0 fully saturated rings. The summed E-state index contributed by atoms with van der Waals surface area (Å²) in [6.45, 7) is 2.63. The molecule has 0 bridgehead atoms. The highest BCUT2D eigenvalue weighted by Gasteiger charge is 2.10. The first-order chi connectivity index (χ1) is 8.61. The van der Waals surface area contributed by atoms with E-state index in [0.29, 0.717) is 12.1 Å². The molecule has 0 saturated heterocycles. The molecular weight excluding hydrogens is 295 g/mol. The van der Waals surface area contributed by atoms with Crippen LogP contribution in [-0.2, 0) is 6.54 Å². The van der Waals surface area contributed by atoms with Gasteiger partial charge in [0.1, 0.15) is 5.82 Å². The Morgan fingerprint density at radius 2 is 2.17 bits per heavy atom. The smallest absolute Gasteiger partial charge is 0.128 e. The number of hydrogen-bond donors (Lipinski definition) is 1. The van der Waals surface area contributed by atoms with Gasteiger partial charge in [0.2, 0.25) is 0 Å². The summed E-state index contributed by atoms with van der Waals surface area (Å²) in [5.41, 5.74) is 1.84. The van der Waals surface area contributed by atoms with Crippen LogP contribution in [0.5, 0.6) is 0 Å². The Labute approximate surface area is 115 Å². The Morgan fingerprint density at radius 1 is 1.39 bits per heavy atom. The van der Waals surface area contributed by atoms with Crippen molar-refractivity contribution in [3.63, 3.8) is 0 Å². The number of nitrogens with zero attached hydrogens (tertiary/aromatic N) is 1. The van der Waals surface area contributed by atoms with Crippen LogP contribution in [-0.4, -0.2) is 11.6 Å². The standard InChI is InChI=1S/C14H16BrFN2/c1-10(17-2)14-4-3-7-18(14)9-11-8-12(15)5-6-13(11)16/h3-8,10,17H,9H2,1-2H3. The third-order valence-corrected chi connectivity index (χ3v) is 3.58. The molecule has 0 amide bonds. The maximum atomic E-state index is 13.7. The van der Waals surface area contributed by atoms with Crippen molar-refractivity contribution in [2.24, 2.45) is 0 Å². The van der Waals surface area contributed by atoms with Gasteiger partial charge in [0.05, 0.1) is 6.54 Å². The molecule has 18 heavy (non-hydrogen) atoms. The van der Waals surface area contributed by atoms with Crippen molar-refractivity contribution in [2.45, 2.75) is 19.5 Å². The topological polar surface area (TPSA) is 17.0 Å². The maximum Gasteiger partial charge on any atom is 0.128 e. The van der Waals surface area contributed by atoms with E-state index in [4.69, 9.17) is 0 Å². The summed E-state index contributed by atoms with van der Waals surface area (Å²) in [5, 5.41) is 3.20. The Hall–Kier alpha value is -1.13. The number of nitrogens with one attached hydrogen (secondary N) is 1. The van der Waals surface area contributed by atoms with Crippen molar-refractivity contribution in [1.29, 1.82) is 0 Å². The summed E-state index contributed by atoms with van der Waals surface area (Å²) in [4.78, 5) is 0. The first-order valence-corrected chi connectivity index (χ1v) is 6.67. The van der Waals surface area contributed by atoms with Crippen molar-refractivity contribution in [3.8, 4) is 0 Å². The largest absolute Gasteiger partial charge is 0.345 e. The van der Waals surface area contributed by atoms with E-state index in [9.17, 15) is 4.39 Å². The van der Waals surface area contributed by atoms with Crippen LogP contribution in [0.2, 0.25) is 0 Å². The molecular formula is C14H16BrFN2. The average molecular weight is 311 g/mol. The molecule has 0 saturated carbocycles. The lowest BCUT2D eigenvalue weighted by atomic mass is 10.2. The zero-order valence-electron chi connectivity index (χ0n) is 10.5. The Bertz CT molecular complexity index is 536. The lowest BCUT2D eigenvalue weighted by molar-refractivity contribution is 0.567. The van der Waals surface area contributed by atoms with Crippen LogP contribution in [0.3, 0.4) is 0 Å². The normalized spacial score (nSPS) is 12.7. The van der Waals surface area contributed by atoms with E-state index < -0.39 is 0 Å². The Morgan fingerprint density at radius 3 is 2.89 bits per heavy atom. The maximum absolute atomic E-state index is 13.7. The highest BCUT2D eigenvalue weighted by molar-refractivity contribution is 9.10. The molecule has 1 aromatic carbocycles. The minimum atomic E-state index is -0.171. The number of rotatable bonds is 4. The first kappa shape index (κ1) is 13.3. The van der Waals surface area contributed by atoms with Gasteiger partial charge in [-0.15, -0.1) is 0 Å². The Balaban J connectivity index is 2.29. The first-order valence-electron chi connectivity index (χ1n) is 5.88. The van der Waals surface area contributed by atoms with Crippen molar-refractivity contribution in [2.75, 3.05) is 7.05 Å². The van der Waals surface area contributed by atoms with Crippen LogP contribution in [0, 0.1) is 5.82 Å². The van der Waals surface area contributed by atoms with E-state index >= 15 is 0 Å². The molecule has 2 rings (SSSR count). The van der Waals surface area contributed by atoms with Gasteiger partial charge in [0.15, 0.2) is 0 Å². The van der Waals surface area contributed by atoms with Gasteiger partial charge in [0, 0.05) is 28.0 Å². The number of benzene rings is 1. The van der Waals surface area contributed by atoms with E-state index in [1.807, 2.05) is 25.4 Å². The van der Waals surface area contributed by atoms with Crippen LogP contribution in [0.4, 0.5) is 4.39 Å². The summed E-state index contributed by atoms with van der Waals surface area (Å²) >= 11 is 3.37. The van der Waals surface area contributed by atoms with Gasteiger partial charge >= 0.3 is 0 Å². The van der Waals surface area contributed by atoms with Gasteiger partial charge in [-0.1, -0.05) is 15.9 Å². The molecule has 0 aliphatic heterocycles. The predicted molar refractivity (Wildman–Crippen MR) is 75.1 cm³/mol. The fourth-order valence-corrected chi connectivity index (χ4v) is 2.37. The van der Waals surface area contributed by atoms with Crippen molar-refractivity contribution < 1.29 is 4.39 Å². The van der Waals surface area contributed by atoms with Gasteiger partial charge < -0.3 is 9.88 Å². The quantitative estimate of drug-likeness (QED) is 0.910. The summed E-state index contributed by atoms with van der Waals surface area (Å²) in [6.07, 6.45) is 1.98. The van der Waals surface area contributed by atoms with E-state index in [0.717, 1.165) is 10.2 Å². The molecule has 1 atom stereocenters. The van der Waals surface area contributed by atoms with E-state index in [1.54, 1.807) is 6.07 Å². The van der Waals surface area contributed by atoms with Crippen LogP contribution in [0.25, 0.3) is 0 Å². The van der Waals surface area contributed by atoms with Crippen molar-refractivity contribution in [1.82, 2.24) is 9.88 Å². The molecule has 1 N–H and O–H groups in total.